The van der Waals surface area contributed by atoms with Crippen molar-refractivity contribution in [3.8, 4) is 5.75 Å². The summed E-state index contributed by atoms with van der Waals surface area (Å²) < 4.78 is 130. The summed E-state index contributed by atoms with van der Waals surface area (Å²) in [5.41, 5.74) is -0.426. The molecule has 36 heavy (non-hydrogen) atoms. The average Bonchev–Trinajstić information content (AvgIpc) is 3.40. The van der Waals surface area contributed by atoms with Crippen LogP contribution in [0.25, 0.3) is 0 Å². The van der Waals surface area contributed by atoms with Crippen molar-refractivity contribution < 1.29 is 63.7 Å². The van der Waals surface area contributed by atoms with Crippen molar-refractivity contribution in [2.24, 2.45) is 17.8 Å². The predicted octanol–water partition coefficient (Wildman–Crippen LogP) is 4.64. The van der Waals surface area contributed by atoms with E-state index < -0.39 is 66.5 Å². The zero-order chi connectivity index (χ0) is 27.1. The highest BCUT2D eigenvalue weighted by atomic mass is 19.4. The van der Waals surface area contributed by atoms with E-state index in [0.717, 1.165) is 30.7 Å². The molecule has 0 spiro atoms. The Morgan fingerprint density at radius 3 is 2.17 bits per heavy atom. The molecule has 2 saturated carbocycles. The van der Waals surface area contributed by atoms with Gasteiger partial charge >= 0.3 is 29.9 Å². The third-order valence-corrected chi connectivity index (χ3v) is 6.52. The molecule has 1 aromatic carbocycles. The molecule has 4 atom stereocenters. The minimum absolute atomic E-state index is 0.152. The summed E-state index contributed by atoms with van der Waals surface area (Å²) in [5.74, 6) is -23.8. The van der Waals surface area contributed by atoms with Crippen molar-refractivity contribution in [2.75, 3.05) is 6.61 Å². The molecule has 0 radical (unpaired) electrons. The molecule has 5 nitrogen and oxygen atoms in total. The molecule has 2 aliphatic rings. The fourth-order valence-electron chi connectivity index (χ4n) is 4.64. The molecule has 3 rings (SSSR count). The first kappa shape index (κ1) is 27.9. The fraction of sp³-hybridized carbons (Fsp3) is 0.636. The van der Waals surface area contributed by atoms with Gasteiger partial charge in [-0.1, -0.05) is 18.6 Å². The highest BCUT2D eigenvalue weighted by molar-refractivity contribution is 5.86. The second kappa shape index (κ2) is 9.66. The molecule has 0 saturated heterocycles. The smallest absolute Gasteiger partial charge is 0.460 e. The Kier molecular flexibility index (Phi) is 7.49. The topological polar surface area (TPSA) is 75.7 Å². The lowest BCUT2D eigenvalue weighted by atomic mass is 9.89. The highest BCUT2D eigenvalue weighted by Crippen LogP contribution is 2.54. The van der Waals surface area contributed by atoms with Gasteiger partial charge in [0.05, 0.1) is 18.3 Å². The first-order chi connectivity index (χ1) is 16.5. The third-order valence-electron chi connectivity index (χ3n) is 6.52. The van der Waals surface area contributed by atoms with Crippen LogP contribution < -0.4 is 9.84 Å². The summed E-state index contributed by atoms with van der Waals surface area (Å²) in [6.07, 6.45) is -9.32. The van der Waals surface area contributed by atoms with Gasteiger partial charge in [0.25, 0.3) is 0 Å². The Balaban J connectivity index is 1.81. The van der Waals surface area contributed by atoms with Gasteiger partial charge in [0.15, 0.2) is 0 Å². The van der Waals surface area contributed by atoms with Gasteiger partial charge in [-0.3, -0.25) is 4.79 Å². The van der Waals surface area contributed by atoms with Gasteiger partial charge in [-0.25, -0.2) is 0 Å². The van der Waals surface area contributed by atoms with E-state index in [0.29, 0.717) is 19.3 Å². The average molecular weight is 535 g/mol. The number of alkyl halides is 9. The van der Waals surface area contributed by atoms with Crippen LogP contribution in [-0.2, 0) is 9.53 Å². The van der Waals surface area contributed by atoms with Crippen LogP contribution in [0.1, 0.15) is 42.5 Å². The molecule has 0 amide bonds. The number of ether oxygens (including phenoxy) is 2. The van der Waals surface area contributed by atoms with Crippen molar-refractivity contribution in [1.29, 1.82) is 0 Å². The van der Waals surface area contributed by atoms with E-state index in [-0.39, 0.29) is 17.6 Å². The first-order valence-electron chi connectivity index (χ1n) is 10.8. The molecule has 4 unspecified atom stereocenters. The lowest BCUT2D eigenvalue weighted by molar-refractivity contribution is -0.398. The Morgan fingerprint density at radius 2 is 1.64 bits per heavy atom. The molecule has 2 fully saturated rings. The minimum atomic E-state index is -7.09. The molecule has 0 aliphatic heterocycles. The lowest BCUT2D eigenvalue weighted by Gasteiger charge is -2.35. The summed E-state index contributed by atoms with van der Waals surface area (Å²) >= 11 is 0. The number of hydrogen-bond donors (Lipinski definition) is 0. The van der Waals surface area contributed by atoms with E-state index >= 15 is 0 Å². The monoisotopic (exact) mass is 535 g/mol. The van der Waals surface area contributed by atoms with Gasteiger partial charge in [0.1, 0.15) is 18.5 Å². The summed E-state index contributed by atoms with van der Waals surface area (Å²) in [7, 11) is 0. The number of carboxylic acids is 1. The second-order valence-electron chi connectivity index (χ2n) is 9.02. The van der Waals surface area contributed by atoms with Crippen molar-refractivity contribution in [3.63, 3.8) is 0 Å². The minimum Gasteiger partial charge on any atom is -0.545 e. The van der Waals surface area contributed by atoms with E-state index in [1.165, 1.54) is 0 Å². The Labute approximate surface area is 198 Å². The van der Waals surface area contributed by atoms with Gasteiger partial charge in [-0.2, -0.15) is 39.5 Å². The van der Waals surface area contributed by atoms with Gasteiger partial charge < -0.3 is 19.4 Å². The molecule has 202 valence electrons. The maximum absolute atomic E-state index is 14.3. The van der Waals surface area contributed by atoms with Crippen molar-refractivity contribution in [1.82, 2.24) is 0 Å². The van der Waals surface area contributed by atoms with Crippen LogP contribution in [0.2, 0.25) is 0 Å². The molecular formula is C22H20F9O5-. The van der Waals surface area contributed by atoms with Crippen LogP contribution in [0.5, 0.6) is 5.75 Å². The van der Waals surface area contributed by atoms with Crippen LogP contribution in [-0.4, -0.2) is 48.6 Å². The van der Waals surface area contributed by atoms with E-state index in [2.05, 4.69) is 0 Å². The molecule has 1 aromatic rings. The Hall–Kier alpha value is -2.67. The highest BCUT2D eigenvalue weighted by Gasteiger charge is 2.81. The fourth-order valence-corrected chi connectivity index (χ4v) is 4.64. The van der Waals surface area contributed by atoms with Gasteiger partial charge in [-0.05, 0) is 43.2 Å². The summed E-state index contributed by atoms with van der Waals surface area (Å²) in [6.45, 7) is -1.16. The van der Waals surface area contributed by atoms with Crippen molar-refractivity contribution in [2.45, 2.75) is 62.2 Å². The van der Waals surface area contributed by atoms with E-state index in [9.17, 15) is 54.2 Å². The summed E-state index contributed by atoms with van der Waals surface area (Å²) in [6, 6.07) is 4.19. The number of fused-ring (bicyclic) bond motifs is 2. The number of rotatable bonds is 10. The van der Waals surface area contributed by atoms with Crippen LogP contribution in [0.4, 0.5) is 39.5 Å². The van der Waals surface area contributed by atoms with Crippen LogP contribution in [0.15, 0.2) is 24.3 Å². The van der Waals surface area contributed by atoms with Gasteiger partial charge in [0.2, 0.25) is 0 Å². The zero-order valence-electron chi connectivity index (χ0n) is 18.3. The normalized spacial score (nSPS) is 23.4. The number of halogens is 9. The molecular weight excluding hydrogens is 515 g/mol. The maximum atomic E-state index is 14.3. The van der Waals surface area contributed by atoms with E-state index in [1.54, 1.807) is 0 Å². The Bertz CT molecular complexity index is 979. The van der Waals surface area contributed by atoms with Crippen LogP contribution >= 0.6 is 0 Å². The first-order valence-corrected chi connectivity index (χ1v) is 10.8. The predicted molar refractivity (Wildman–Crippen MR) is 101 cm³/mol. The van der Waals surface area contributed by atoms with Crippen molar-refractivity contribution >= 4 is 11.9 Å². The molecule has 14 heteroatoms. The molecule has 2 bridgehead atoms. The SMILES string of the molecule is O=C([O-])c1cccc(OCC(CC(F)(F)C(F)(F)C(F)(F)C(F)(F)F)OC(=O)C2CC3CCC2C3)c1. The van der Waals surface area contributed by atoms with Gasteiger partial charge in [0, 0.05) is 5.56 Å². The maximum Gasteiger partial charge on any atom is 0.460 e. The van der Waals surface area contributed by atoms with Gasteiger partial charge in [-0.15, -0.1) is 0 Å². The number of esters is 1. The number of carbonyl (C=O) groups excluding carboxylic acids is 2. The zero-order valence-corrected chi connectivity index (χ0v) is 18.3. The van der Waals surface area contributed by atoms with Crippen LogP contribution in [0.3, 0.4) is 0 Å². The number of benzene rings is 1. The standard InChI is InChI=1S/C22H21F9O5/c23-19(24,20(25,26)21(27,28)22(29,30)31)9-15(10-35-14-3-1-2-13(8-14)17(32)33)36-18(34)16-7-11-4-5-12(16)6-11/h1-3,8,11-12,15-16H,4-7,9-10H2,(H,32,33)/p-1. The number of carboxylic acid groups (broad SMARTS) is 1. The third kappa shape index (κ3) is 5.36. The largest absolute Gasteiger partial charge is 0.545 e. The number of hydrogen-bond acceptors (Lipinski definition) is 5. The molecule has 0 N–H and O–H groups in total. The summed E-state index contributed by atoms with van der Waals surface area (Å²) in [5, 5.41) is 10.9. The molecule has 0 aromatic heterocycles. The quantitative estimate of drug-likeness (QED) is 0.323. The molecule has 2 aliphatic carbocycles. The number of aromatic carboxylic acids is 1. The molecule has 0 heterocycles. The van der Waals surface area contributed by atoms with Crippen molar-refractivity contribution in [3.05, 3.63) is 29.8 Å². The summed E-state index contributed by atoms with van der Waals surface area (Å²) in [4.78, 5) is 23.5. The van der Waals surface area contributed by atoms with Crippen LogP contribution in [0, 0.1) is 17.8 Å². The van der Waals surface area contributed by atoms with E-state index in [1.807, 2.05) is 0 Å². The number of carbonyl (C=O) groups is 2. The Morgan fingerprint density at radius 1 is 0.972 bits per heavy atom. The lowest BCUT2D eigenvalue weighted by Crippen LogP contribution is -2.61. The van der Waals surface area contributed by atoms with E-state index in [4.69, 9.17) is 9.47 Å². The second-order valence-corrected chi connectivity index (χ2v) is 9.02.